The highest BCUT2D eigenvalue weighted by molar-refractivity contribution is 7.91. The van der Waals surface area contributed by atoms with Gasteiger partial charge in [0, 0.05) is 19.4 Å². The highest BCUT2D eigenvalue weighted by Crippen LogP contribution is 2.19. The van der Waals surface area contributed by atoms with E-state index in [1.165, 1.54) is 19.3 Å². The Kier molecular flexibility index (Phi) is 4.93. The zero-order chi connectivity index (χ0) is 17.9. The van der Waals surface area contributed by atoms with Crippen LogP contribution in [0.1, 0.15) is 0 Å². The van der Waals surface area contributed by atoms with Gasteiger partial charge in [-0.25, -0.2) is 18.1 Å². The van der Waals surface area contributed by atoms with Crippen LogP contribution >= 0.6 is 11.3 Å². The molecule has 1 N–H and O–H groups in total. The summed E-state index contributed by atoms with van der Waals surface area (Å²) in [5.74, 6) is 0.164. The summed E-state index contributed by atoms with van der Waals surface area (Å²) in [5, 5.41) is 8.37. The van der Waals surface area contributed by atoms with E-state index in [0.717, 1.165) is 15.6 Å². The monoisotopic (exact) mass is 377 g/mol. The number of nitrogens with zero attached hydrogens (tertiary/aromatic N) is 4. The predicted molar refractivity (Wildman–Crippen MR) is 94.1 cm³/mol. The van der Waals surface area contributed by atoms with E-state index >= 15 is 0 Å². The summed E-state index contributed by atoms with van der Waals surface area (Å²) in [6, 6.07) is 8.32. The van der Waals surface area contributed by atoms with E-state index in [4.69, 9.17) is 0 Å². The number of carbonyl (C=O) groups is 1. The van der Waals surface area contributed by atoms with Crippen LogP contribution < -0.4 is 5.32 Å². The molecule has 0 aromatic carbocycles. The molecule has 3 aromatic heterocycles. The van der Waals surface area contributed by atoms with Gasteiger partial charge >= 0.3 is 0 Å². The van der Waals surface area contributed by atoms with Crippen LogP contribution in [-0.2, 0) is 14.8 Å². The van der Waals surface area contributed by atoms with Gasteiger partial charge in [-0.05, 0) is 29.6 Å². The molecule has 3 heterocycles. The van der Waals surface area contributed by atoms with Crippen molar-refractivity contribution in [3.8, 4) is 5.82 Å². The number of aromatic nitrogens is 3. The van der Waals surface area contributed by atoms with Crippen molar-refractivity contribution in [2.24, 2.45) is 0 Å². The van der Waals surface area contributed by atoms with Crippen LogP contribution in [0.3, 0.4) is 0 Å². The van der Waals surface area contributed by atoms with Crippen molar-refractivity contribution < 1.29 is 13.2 Å². The molecule has 25 heavy (non-hydrogen) atoms. The summed E-state index contributed by atoms with van der Waals surface area (Å²) in [5.41, 5.74) is 0.475. The molecule has 0 spiro atoms. The predicted octanol–water partition coefficient (Wildman–Crippen LogP) is 1.59. The van der Waals surface area contributed by atoms with E-state index in [2.05, 4.69) is 15.4 Å². The second-order valence-electron chi connectivity index (χ2n) is 5.10. The van der Waals surface area contributed by atoms with Gasteiger partial charge in [0.15, 0.2) is 5.82 Å². The van der Waals surface area contributed by atoms with Crippen molar-refractivity contribution >= 4 is 33.0 Å². The van der Waals surface area contributed by atoms with Crippen LogP contribution in [0.25, 0.3) is 5.82 Å². The fourth-order valence-corrected chi connectivity index (χ4v) is 4.38. The first-order valence-electron chi connectivity index (χ1n) is 7.22. The van der Waals surface area contributed by atoms with Crippen molar-refractivity contribution in [3.63, 3.8) is 0 Å². The molecular weight excluding hydrogens is 362 g/mol. The Balaban J connectivity index is 1.63. The largest absolute Gasteiger partial charge is 0.324 e. The molecule has 8 nitrogen and oxygen atoms in total. The second-order valence-corrected chi connectivity index (χ2v) is 8.32. The molecule has 0 aliphatic carbocycles. The van der Waals surface area contributed by atoms with Crippen molar-refractivity contribution in [1.82, 2.24) is 19.1 Å². The second kappa shape index (κ2) is 7.13. The maximum absolute atomic E-state index is 12.3. The molecule has 0 fully saturated rings. The summed E-state index contributed by atoms with van der Waals surface area (Å²) in [6.45, 7) is -0.291. The Morgan fingerprint density at radius 3 is 2.76 bits per heavy atom. The number of likely N-dealkylation sites (N-methyl/N-ethyl adjacent to an activating group) is 1. The van der Waals surface area contributed by atoms with Crippen LogP contribution in [0.2, 0.25) is 0 Å². The van der Waals surface area contributed by atoms with Gasteiger partial charge in [0.05, 0.1) is 18.4 Å². The lowest BCUT2D eigenvalue weighted by Gasteiger charge is -2.15. The maximum Gasteiger partial charge on any atom is 0.252 e. The molecule has 0 atom stereocenters. The van der Waals surface area contributed by atoms with Crippen LogP contribution in [-0.4, -0.2) is 47.0 Å². The summed E-state index contributed by atoms with van der Waals surface area (Å²) < 4.78 is 27.4. The molecular formula is C15H15N5O3S2. The van der Waals surface area contributed by atoms with Crippen molar-refractivity contribution in [3.05, 3.63) is 54.3 Å². The van der Waals surface area contributed by atoms with Crippen LogP contribution in [0.5, 0.6) is 0 Å². The van der Waals surface area contributed by atoms with E-state index in [1.807, 2.05) is 0 Å². The minimum Gasteiger partial charge on any atom is -0.324 e. The topological polar surface area (TPSA) is 97.2 Å². The smallest absolute Gasteiger partial charge is 0.252 e. The number of sulfonamides is 1. The molecule has 130 valence electrons. The molecule has 10 heteroatoms. The van der Waals surface area contributed by atoms with Gasteiger partial charge in [-0.1, -0.05) is 6.07 Å². The lowest BCUT2D eigenvalue weighted by atomic mass is 10.4. The summed E-state index contributed by atoms with van der Waals surface area (Å²) in [4.78, 5) is 16.3. The Morgan fingerprint density at radius 2 is 2.16 bits per heavy atom. The molecule has 0 unspecified atom stereocenters. The molecule has 0 aliphatic rings. The van der Waals surface area contributed by atoms with Gasteiger partial charge in [0.1, 0.15) is 4.21 Å². The fourth-order valence-electron chi connectivity index (χ4n) is 2.05. The first-order chi connectivity index (χ1) is 12.0. The van der Waals surface area contributed by atoms with Crippen molar-refractivity contribution in [1.29, 1.82) is 0 Å². The number of pyridine rings is 1. The quantitative estimate of drug-likeness (QED) is 0.703. The molecule has 0 saturated heterocycles. The van der Waals surface area contributed by atoms with E-state index in [0.29, 0.717) is 11.5 Å². The first-order valence-corrected chi connectivity index (χ1v) is 9.54. The average Bonchev–Trinajstić information content (AvgIpc) is 3.29. The zero-order valence-electron chi connectivity index (χ0n) is 13.2. The molecule has 3 aromatic rings. The Labute approximate surface area is 148 Å². The lowest BCUT2D eigenvalue weighted by Crippen LogP contribution is -2.34. The highest BCUT2D eigenvalue weighted by atomic mass is 32.2. The Morgan fingerprint density at radius 1 is 1.32 bits per heavy atom. The van der Waals surface area contributed by atoms with E-state index in [1.54, 1.807) is 46.7 Å². The average molecular weight is 377 g/mol. The number of hydrogen-bond donors (Lipinski definition) is 1. The third-order valence-electron chi connectivity index (χ3n) is 3.30. The Bertz CT molecular complexity index is 936. The Hall–Kier alpha value is -2.56. The molecule has 0 saturated carbocycles. The number of hydrogen-bond acceptors (Lipinski definition) is 6. The van der Waals surface area contributed by atoms with Gasteiger partial charge < -0.3 is 5.32 Å². The number of nitrogens with one attached hydrogen (secondary N) is 1. The van der Waals surface area contributed by atoms with Crippen molar-refractivity contribution in [2.45, 2.75) is 4.21 Å². The number of rotatable bonds is 6. The number of anilines is 1. The molecule has 0 radical (unpaired) electrons. The highest BCUT2D eigenvalue weighted by Gasteiger charge is 2.23. The third-order valence-corrected chi connectivity index (χ3v) is 6.47. The van der Waals surface area contributed by atoms with Gasteiger partial charge in [-0.3, -0.25) is 4.79 Å². The minimum absolute atomic E-state index is 0.202. The maximum atomic E-state index is 12.3. The third kappa shape index (κ3) is 3.92. The normalized spacial score (nSPS) is 11.6. The summed E-state index contributed by atoms with van der Waals surface area (Å²) in [7, 11) is -2.29. The molecule has 3 rings (SSSR count). The van der Waals surface area contributed by atoms with E-state index in [9.17, 15) is 13.2 Å². The minimum atomic E-state index is -3.66. The first kappa shape index (κ1) is 17.3. The van der Waals surface area contributed by atoms with Gasteiger partial charge in [0.25, 0.3) is 10.0 Å². The SMILES string of the molecule is CN(CC(=O)Nc1ccc(-n2cccn2)nc1)S(=O)(=O)c1cccs1. The standard InChI is InChI=1S/C15H15N5O3S2/c1-19(25(22,23)15-4-2-9-24-15)11-14(21)18-12-5-6-13(16-10-12)20-8-3-7-17-20/h2-10H,11H2,1H3,(H,18,21). The number of amides is 1. The van der Waals surface area contributed by atoms with Crippen molar-refractivity contribution in [2.75, 3.05) is 18.9 Å². The van der Waals surface area contributed by atoms with Crippen LogP contribution in [0.4, 0.5) is 5.69 Å². The summed E-state index contributed by atoms with van der Waals surface area (Å²) in [6.07, 6.45) is 4.88. The van der Waals surface area contributed by atoms with Gasteiger partial charge in [-0.2, -0.15) is 9.40 Å². The molecule has 0 bridgehead atoms. The molecule has 0 aliphatic heterocycles. The van der Waals surface area contributed by atoms with Gasteiger partial charge in [-0.15, -0.1) is 11.3 Å². The van der Waals surface area contributed by atoms with E-state index in [-0.39, 0.29) is 10.8 Å². The summed E-state index contributed by atoms with van der Waals surface area (Å²) >= 11 is 1.11. The van der Waals surface area contributed by atoms with Crippen LogP contribution in [0, 0.1) is 0 Å². The lowest BCUT2D eigenvalue weighted by molar-refractivity contribution is -0.116. The van der Waals surface area contributed by atoms with Crippen LogP contribution in [0.15, 0.2) is 58.5 Å². The van der Waals surface area contributed by atoms with Gasteiger partial charge in [0.2, 0.25) is 5.91 Å². The molecule has 1 amide bonds. The zero-order valence-corrected chi connectivity index (χ0v) is 14.9. The number of carbonyl (C=O) groups excluding carboxylic acids is 1. The fraction of sp³-hybridized carbons (Fsp3) is 0.133. The number of thiophene rings is 1. The van der Waals surface area contributed by atoms with E-state index < -0.39 is 15.9 Å².